The molecular weight excluding hydrogens is 258 g/mol. The van der Waals surface area contributed by atoms with Gasteiger partial charge in [-0.05, 0) is 44.0 Å². The van der Waals surface area contributed by atoms with Crippen molar-refractivity contribution in [3.8, 4) is 5.69 Å². The van der Waals surface area contributed by atoms with E-state index in [1.165, 1.54) is 12.0 Å². The van der Waals surface area contributed by atoms with Gasteiger partial charge in [0.2, 0.25) is 0 Å². The lowest BCUT2D eigenvalue weighted by molar-refractivity contribution is 0.742. The van der Waals surface area contributed by atoms with Crippen LogP contribution in [-0.4, -0.2) is 14.5 Å². The third-order valence-corrected chi connectivity index (χ3v) is 3.77. The molecule has 3 aromatic rings. The Balaban J connectivity index is 2.27. The number of aryl methyl sites for hydroxylation is 3. The highest BCUT2D eigenvalue weighted by atomic mass is 15.1. The predicted molar refractivity (Wildman–Crippen MR) is 87.0 cm³/mol. The van der Waals surface area contributed by atoms with Crippen LogP contribution in [0.4, 0.5) is 0 Å². The quantitative estimate of drug-likeness (QED) is 0.709. The number of rotatable bonds is 4. The van der Waals surface area contributed by atoms with Gasteiger partial charge in [-0.1, -0.05) is 31.5 Å². The summed E-state index contributed by atoms with van der Waals surface area (Å²) in [4.78, 5) is 9.61. The molecular formula is C18H21N3. The maximum atomic E-state index is 4.87. The minimum absolute atomic E-state index is 0.977. The molecule has 1 aromatic carbocycles. The van der Waals surface area contributed by atoms with Crippen LogP contribution in [0.3, 0.4) is 0 Å². The average molecular weight is 279 g/mol. The molecule has 2 aromatic heterocycles. The molecule has 0 N–H and O–H groups in total. The van der Waals surface area contributed by atoms with Gasteiger partial charge in [0.1, 0.15) is 11.3 Å². The molecule has 0 fully saturated rings. The number of aromatic nitrogens is 3. The lowest BCUT2D eigenvalue weighted by atomic mass is 10.2. The SMILES string of the molecule is CCCCc1nc2c(C)cc(C)nc2n1-c1ccccc1. The number of hydrogen-bond acceptors (Lipinski definition) is 2. The van der Waals surface area contributed by atoms with Crippen molar-refractivity contribution in [3.05, 3.63) is 53.5 Å². The molecule has 0 aliphatic carbocycles. The van der Waals surface area contributed by atoms with E-state index in [4.69, 9.17) is 9.97 Å². The van der Waals surface area contributed by atoms with E-state index in [9.17, 15) is 0 Å². The Labute approximate surface area is 125 Å². The first kappa shape index (κ1) is 13.8. The third kappa shape index (κ3) is 2.56. The van der Waals surface area contributed by atoms with Crippen LogP contribution in [0.2, 0.25) is 0 Å². The Bertz CT molecular complexity index is 757. The highest BCUT2D eigenvalue weighted by molar-refractivity contribution is 5.78. The number of pyridine rings is 1. The van der Waals surface area contributed by atoms with Gasteiger partial charge < -0.3 is 0 Å². The van der Waals surface area contributed by atoms with Crippen LogP contribution in [0, 0.1) is 13.8 Å². The molecule has 0 amide bonds. The topological polar surface area (TPSA) is 30.7 Å². The number of nitrogens with zero attached hydrogens (tertiary/aromatic N) is 3. The monoisotopic (exact) mass is 279 g/mol. The van der Waals surface area contributed by atoms with Gasteiger partial charge in [-0.15, -0.1) is 0 Å². The van der Waals surface area contributed by atoms with Crippen LogP contribution in [0.25, 0.3) is 16.9 Å². The number of hydrogen-bond donors (Lipinski definition) is 0. The van der Waals surface area contributed by atoms with Crippen LogP contribution in [0.5, 0.6) is 0 Å². The summed E-state index contributed by atoms with van der Waals surface area (Å²) in [6, 6.07) is 12.5. The third-order valence-electron chi connectivity index (χ3n) is 3.77. The summed E-state index contributed by atoms with van der Waals surface area (Å²) >= 11 is 0. The standard InChI is InChI=1S/C18H21N3/c1-4-5-11-16-20-17-13(2)12-14(3)19-18(17)21(16)15-9-7-6-8-10-15/h6-10,12H,4-5,11H2,1-3H3. The second kappa shape index (κ2) is 5.68. The van der Waals surface area contributed by atoms with E-state index in [2.05, 4.69) is 48.7 Å². The molecule has 0 unspecified atom stereocenters. The van der Waals surface area contributed by atoms with Crippen molar-refractivity contribution in [2.45, 2.75) is 40.0 Å². The van der Waals surface area contributed by atoms with Gasteiger partial charge in [0.15, 0.2) is 5.65 Å². The maximum Gasteiger partial charge on any atom is 0.165 e. The fourth-order valence-corrected chi connectivity index (χ4v) is 2.76. The van der Waals surface area contributed by atoms with E-state index in [-0.39, 0.29) is 0 Å². The van der Waals surface area contributed by atoms with E-state index >= 15 is 0 Å². The van der Waals surface area contributed by atoms with Gasteiger partial charge >= 0.3 is 0 Å². The molecule has 21 heavy (non-hydrogen) atoms. The first-order valence-electron chi connectivity index (χ1n) is 7.61. The Morgan fingerprint density at radius 3 is 2.52 bits per heavy atom. The molecule has 2 heterocycles. The zero-order valence-electron chi connectivity index (χ0n) is 12.9. The Kier molecular flexibility index (Phi) is 3.74. The van der Waals surface area contributed by atoms with Crippen molar-refractivity contribution in [2.75, 3.05) is 0 Å². The fraction of sp³-hybridized carbons (Fsp3) is 0.333. The summed E-state index contributed by atoms with van der Waals surface area (Å²) in [5, 5.41) is 0. The van der Waals surface area contributed by atoms with Gasteiger partial charge in [-0.25, -0.2) is 9.97 Å². The summed E-state index contributed by atoms with van der Waals surface area (Å²) in [5.74, 6) is 1.11. The molecule has 0 radical (unpaired) electrons. The number of benzene rings is 1. The summed E-state index contributed by atoms with van der Waals surface area (Å²) < 4.78 is 2.21. The molecule has 3 rings (SSSR count). The lowest BCUT2D eigenvalue weighted by Gasteiger charge is -2.08. The van der Waals surface area contributed by atoms with E-state index in [1.54, 1.807) is 0 Å². The molecule has 0 saturated heterocycles. The number of unbranched alkanes of at least 4 members (excludes halogenated alkanes) is 1. The highest BCUT2D eigenvalue weighted by Gasteiger charge is 2.15. The predicted octanol–water partition coefficient (Wildman–Crippen LogP) is 4.38. The Morgan fingerprint density at radius 2 is 1.81 bits per heavy atom. The number of imidazole rings is 1. The molecule has 0 atom stereocenters. The number of para-hydroxylation sites is 1. The normalized spacial score (nSPS) is 11.2. The smallest absolute Gasteiger partial charge is 0.165 e. The summed E-state index contributed by atoms with van der Waals surface area (Å²) in [7, 11) is 0. The first-order valence-corrected chi connectivity index (χ1v) is 7.61. The van der Waals surface area contributed by atoms with Crippen LogP contribution >= 0.6 is 0 Å². The van der Waals surface area contributed by atoms with E-state index < -0.39 is 0 Å². The van der Waals surface area contributed by atoms with Gasteiger partial charge in [0.25, 0.3) is 0 Å². The molecule has 0 saturated carbocycles. The Morgan fingerprint density at radius 1 is 1.05 bits per heavy atom. The van der Waals surface area contributed by atoms with Crippen LogP contribution in [-0.2, 0) is 6.42 Å². The zero-order chi connectivity index (χ0) is 14.8. The van der Waals surface area contributed by atoms with Crippen molar-refractivity contribution in [2.24, 2.45) is 0 Å². The molecule has 108 valence electrons. The first-order chi connectivity index (χ1) is 10.2. The second-order valence-electron chi connectivity index (χ2n) is 5.56. The number of fused-ring (bicyclic) bond motifs is 1. The maximum absolute atomic E-state index is 4.87. The molecule has 3 heteroatoms. The summed E-state index contributed by atoms with van der Waals surface area (Å²) in [6.07, 6.45) is 3.30. The van der Waals surface area contributed by atoms with E-state index in [0.717, 1.165) is 41.2 Å². The largest absolute Gasteiger partial charge is 0.281 e. The van der Waals surface area contributed by atoms with Crippen molar-refractivity contribution < 1.29 is 0 Å². The molecule has 0 aliphatic rings. The van der Waals surface area contributed by atoms with Crippen molar-refractivity contribution in [3.63, 3.8) is 0 Å². The zero-order valence-corrected chi connectivity index (χ0v) is 12.9. The molecule has 3 nitrogen and oxygen atoms in total. The van der Waals surface area contributed by atoms with Crippen LogP contribution in [0.1, 0.15) is 36.8 Å². The molecule has 0 aliphatic heterocycles. The van der Waals surface area contributed by atoms with Crippen molar-refractivity contribution in [1.29, 1.82) is 0 Å². The van der Waals surface area contributed by atoms with Crippen LogP contribution < -0.4 is 0 Å². The molecule has 0 bridgehead atoms. The van der Waals surface area contributed by atoms with E-state index in [1.807, 2.05) is 13.0 Å². The summed E-state index contributed by atoms with van der Waals surface area (Å²) in [5.41, 5.74) is 5.38. The highest BCUT2D eigenvalue weighted by Crippen LogP contribution is 2.24. The van der Waals surface area contributed by atoms with Gasteiger partial charge in [-0.3, -0.25) is 4.57 Å². The lowest BCUT2D eigenvalue weighted by Crippen LogP contribution is -2.02. The van der Waals surface area contributed by atoms with Crippen molar-refractivity contribution in [1.82, 2.24) is 14.5 Å². The molecule has 0 spiro atoms. The van der Waals surface area contributed by atoms with Gasteiger partial charge in [0.05, 0.1) is 0 Å². The van der Waals surface area contributed by atoms with Gasteiger partial charge in [-0.2, -0.15) is 0 Å². The average Bonchev–Trinajstić information content (AvgIpc) is 2.84. The van der Waals surface area contributed by atoms with Crippen molar-refractivity contribution >= 4 is 11.2 Å². The minimum Gasteiger partial charge on any atom is -0.281 e. The minimum atomic E-state index is 0.977. The summed E-state index contributed by atoms with van der Waals surface area (Å²) in [6.45, 7) is 6.37. The fourth-order valence-electron chi connectivity index (χ4n) is 2.76. The van der Waals surface area contributed by atoms with E-state index in [0.29, 0.717) is 0 Å². The Hall–Kier alpha value is -2.16. The van der Waals surface area contributed by atoms with Crippen LogP contribution in [0.15, 0.2) is 36.4 Å². The van der Waals surface area contributed by atoms with Gasteiger partial charge in [0, 0.05) is 17.8 Å². The second-order valence-corrected chi connectivity index (χ2v) is 5.56.